The fourth-order valence-corrected chi connectivity index (χ4v) is 4.19. The molecule has 1 fully saturated rings. The van der Waals surface area contributed by atoms with Gasteiger partial charge in [0.1, 0.15) is 5.82 Å². The monoisotopic (exact) mass is 404 g/mol. The van der Waals surface area contributed by atoms with Crippen LogP contribution in [0.3, 0.4) is 0 Å². The summed E-state index contributed by atoms with van der Waals surface area (Å²) in [5, 5.41) is 17.7. The van der Waals surface area contributed by atoms with Gasteiger partial charge in [0.05, 0.1) is 6.04 Å². The number of rotatable bonds is 4. The average Bonchev–Trinajstić information content (AvgIpc) is 3.33. The maximum Gasteiger partial charge on any atom is 0.185 e. The van der Waals surface area contributed by atoms with E-state index in [0.29, 0.717) is 0 Å². The summed E-state index contributed by atoms with van der Waals surface area (Å²) >= 11 is 6.08. The number of aromatic nitrogens is 4. The van der Waals surface area contributed by atoms with Gasteiger partial charge in [0.2, 0.25) is 0 Å². The molecule has 0 saturated carbocycles. The van der Waals surface area contributed by atoms with Crippen LogP contribution in [-0.2, 0) is 0 Å². The molecular formula is C22H21ClN6. The van der Waals surface area contributed by atoms with Gasteiger partial charge < -0.3 is 5.32 Å². The lowest BCUT2D eigenvalue weighted by molar-refractivity contribution is 0.309. The first-order valence-corrected chi connectivity index (χ1v) is 10.1. The van der Waals surface area contributed by atoms with Gasteiger partial charge in [-0.3, -0.25) is 4.90 Å². The van der Waals surface area contributed by atoms with Crippen LogP contribution in [0.5, 0.6) is 0 Å². The highest BCUT2D eigenvalue weighted by Gasteiger charge is 2.33. The molecule has 1 N–H and O–H groups in total. The van der Waals surface area contributed by atoms with Crippen molar-refractivity contribution in [2.24, 2.45) is 0 Å². The van der Waals surface area contributed by atoms with Crippen molar-refractivity contribution in [1.29, 1.82) is 0 Å². The Labute approximate surface area is 174 Å². The summed E-state index contributed by atoms with van der Waals surface area (Å²) in [4.78, 5) is 2.37. The molecular weight excluding hydrogens is 384 g/mol. The topological polar surface area (TPSA) is 58.3 Å². The molecule has 0 amide bonds. The van der Waals surface area contributed by atoms with E-state index in [1.807, 2.05) is 54.6 Å². The third-order valence-electron chi connectivity index (χ3n) is 5.49. The van der Waals surface area contributed by atoms with Crippen molar-refractivity contribution >= 4 is 23.1 Å². The number of hydrogen-bond acceptors (Lipinski definition) is 5. The Kier molecular flexibility index (Phi) is 4.66. The van der Waals surface area contributed by atoms with Crippen LogP contribution in [0.1, 0.15) is 18.0 Å². The molecule has 2 unspecified atom stereocenters. The van der Waals surface area contributed by atoms with Crippen LogP contribution in [0.4, 0.5) is 5.82 Å². The van der Waals surface area contributed by atoms with Gasteiger partial charge in [-0.2, -0.15) is 4.52 Å². The van der Waals surface area contributed by atoms with E-state index >= 15 is 0 Å². The molecule has 2 aromatic heterocycles. The highest BCUT2D eigenvalue weighted by molar-refractivity contribution is 6.30. The van der Waals surface area contributed by atoms with Crippen LogP contribution in [-0.4, -0.2) is 44.3 Å². The van der Waals surface area contributed by atoms with Crippen molar-refractivity contribution in [2.75, 3.05) is 18.9 Å². The van der Waals surface area contributed by atoms with Gasteiger partial charge in [-0.15, -0.1) is 15.3 Å². The van der Waals surface area contributed by atoms with Gasteiger partial charge in [0.15, 0.2) is 11.5 Å². The summed E-state index contributed by atoms with van der Waals surface area (Å²) in [6, 6.07) is 22.5. The predicted octanol–water partition coefficient (Wildman–Crippen LogP) is 4.30. The highest BCUT2D eigenvalue weighted by atomic mass is 35.5. The Hall–Kier alpha value is -2.96. The van der Waals surface area contributed by atoms with E-state index in [1.54, 1.807) is 4.52 Å². The third kappa shape index (κ3) is 3.45. The van der Waals surface area contributed by atoms with Crippen molar-refractivity contribution in [3.8, 4) is 11.4 Å². The van der Waals surface area contributed by atoms with E-state index < -0.39 is 0 Å². The maximum atomic E-state index is 6.08. The number of likely N-dealkylation sites (tertiary alicyclic amines) is 1. The molecule has 4 aromatic rings. The second-order valence-electron chi connectivity index (χ2n) is 7.39. The van der Waals surface area contributed by atoms with Gasteiger partial charge in [0, 0.05) is 23.2 Å². The highest BCUT2D eigenvalue weighted by Crippen LogP contribution is 2.33. The fourth-order valence-electron chi connectivity index (χ4n) is 4.07. The Bertz CT molecular complexity index is 1130. The van der Waals surface area contributed by atoms with Gasteiger partial charge in [-0.25, -0.2) is 0 Å². The zero-order chi connectivity index (χ0) is 19.8. The maximum absolute atomic E-state index is 6.08. The number of nitrogens with zero attached hydrogens (tertiary/aromatic N) is 5. The molecule has 0 spiro atoms. The van der Waals surface area contributed by atoms with E-state index in [1.165, 1.54) is 5.56 Å². The summed E-state index contributed by atoms with van der Waals surface area (Å²) in [5.41, 5.74) is 2.97. The minimum absolute atomic E-state index is 0.253. The van der Waals surface area contributed by atoms with Crippen molar-refractivity contribution in [2.45, 2.75) is 18.5 Å². The molecule has 0 bridgehead atoms. The van der Waals surface area contributed by atoms with Crippen LogP contribution in [0.2, 0.25) is 5.02 Å². The minimum Gasteiger partial charge on any atom is -0.364 e. The quantitative estimate of drug-likeness (QED) is 0.549. The summed E-state index contributed by atoms with van der Waals surface area (Å²) in [5.74, 6) is 1.55. The first-order valence-electron chi connectivity index (χ1n) is 9.69. The van der Waals surface area contributed by atoms with Gasteiger partial charge in [-0.1, -0.05) is 54.1 Å². The molecule has 5 rings (SSSR count). The number of fused-ring (bicyclic) bond motifs is 1. The molecule has 0 radical (unpaired) electrons. The van der Waals surface area contributed by atoms with Crippen LogP contribution >= 0.6 is 11.6 Å². The van der Waals surface area contributed by atoms with Gasteiger partial charge in [0.25, 0.3) is 0 Å². The number of nitrogens with one attached hydrogen (secondary N) is 1. The Morgan fingerprint density at radius 2 is 1.76 bits per heavy atom. The Morgan fingerprint density at radius 3 is 2.55 bits per heavy atom. The first-order chi connectivity index (χ1) is 14.2. The first kappa shape index (κ1) is 18.1. The smallest absolute Gasteiger partial charge is 0.185 e. The fraction of sp³-hybridized carbons (Fsp3) is 0.227. The molecule has 7 heteroatoms. The number of anilines is 1. The molecule has 2 atom stereocenters. The SMILES string of the molecule is CN1CCC(Nc2ccc3nnc(-c4ccccc4)n3n2)C1c1ccc(Cl)cc1. The van der Waals surface area contributed by atoms with Crippen LogP contribution < -0.4 is 5.32 Å². The lowest BCUT2D eigenvalue weighted by Crippen LogP contribution is -2.29. The molecule has 1 aliphatic heterocycles. The Balaban J connectivity index is 1.46. The normalized spacial score (nSPS) is 19.7. The lowest BCUT2D eigenvalue weighted by atomic mass is 10.0. The van der Waals surface area contributed by atoms with Gasteiger partial charge in [-0.05, 0) is 43.3 Å². The molecule has 3 heterocycles. The van der Waals surface area contributed by atoms with Crippen molar-refractivity contribution < 1.29 is 0 Å². The molecule has 0 aliphatic carbocycles. The molecule has 2 aromatic carbocycles. The molecule has 1 saturated heterocycles. The zero-order valence-electron chi connectivity index (χ0n) is 16.0. The number of likely N-dealkylation sites (N-methyl/N-ethyl adjacent to an activating group) is 1. The Morgan fingerprint density at radius 1 is 0.966 bits per heavy atom. The largest absolute Gasteiger partial charge is 0.364 e. The predicted molar refractivity (Wildman–Crippen MR) is 115 cm³/mol. The van der Waals surface area contributed by atoms with E-state index in [0.717, 1.165) is 40.8 Å². The van der Waals surface area contributed by atoms with Crippen LogP contribution in [0.15, 0.2) is 66.7 Å². The van der Waals surface area contributed by atoms with Crippen LogP contribution in [0.25, 0.3) is 17.0 Å². The van der Waals surface area contributed by atoms with E-state index in [4.69, 9.17) is 16.7 Å². The minimum atomic E-state index is 0.253. The third-order valence-corrected chi connectivity index (χ3v) is 5.74. The van der Waals surface area contributed by atoms with E-state index in [2.05, 4.69) is 39.6 Å². The van der Waals surface area contributed by atoms with Gasteiger partial charge >= 0.3 is 0 Å². The lowest BCUT2D eigenvalue weighted by Gasteiger charge is -2.26. The molecule has 1 aliphatic rings. The molecule has 29 heavy (non-hydrogen) atoms. The summed E-state index contributed by atoms with van der Waals surface area (Å²) in [6.45, 7) is 1.02. The average molecular weight is 405 g/mol. The number of benzene rings is 2. The summed E-state index contributed by atoms with van der Waals surface area (Å²) in [6.07, 6.45) is 1.04. The summed E-state index contributed by atoms with van der Waals surface area (Å²) in [7, 11) is 2.16. The van der Waals surface area contributed by atoms with Crippen LogP contribution in [0, 0.1) is 0 Å². The van der Waals surface area contributed by atoms with Crippen molar-refractivity contribution in [3.63, 3.8) is 0 Å². The van der Waals surface area contributed by atoms with E-state index in [9.17, 15) is 0 Å². The van der Waals surface area contributed by atoms with E-state index in [-0.39, 0.29) is 12.1 Å². The molecule has 6 nitrogen and oxygen atoms in total. The second-order valence-corrected chi connectivity index (χ2v) is 7.83. The van der Waals surface area contributed by atoms with Crippen molar-refractivity contribution in [3.05, 3.63) is 77.3 Å². The van der Waals surface area contributed by atoms with Crippen molar-refractivity contribution in [1.82, 2.24) is 24.7 Å². The number of hydrogen-bond donors (Lipinski definition) is 1. The summed E-state index contributed by atoms with van der Waals surface area (Å²) < 4.78 is 1.80. The zero-order valence-corrected chi connectivity index (χ0v) is 16.8. The standard InChI is InChI=1S/C22H21ClN6/c1-28-14-13-18(21(28)15-7-9-17(23)10-8-15)24-19-11-12-20-25-26-22(29(20)27-19)16-5-3-2-4-6-16/h2-12,18,21H,13-14H2,1H3,(H,24,27). The second kappa shape index (κ2) is 7.46. The number of halogens is 1. The molecule has 146 valence electrons.